The van der Waals surface area contributed by atoms with Gasteiger partial charge in [0.2, 0.25) is 10.0 Å². The molecule has 0 bridgehead atoms. The van der Waals surface area contributed by atoms with E-state index in [1.54, 1.807) is 28.6 Å². The quantitative estimate of drug-likeness (QED) is 0.835. The first-order valence-corrected chi connectivity index (χ1v) is 11.2. The number of benzene rings is 1. The summed E-state index contributed by atoms with van der Waals surface area (Å²) in [5.41, 5.74) is 1.72. The third kappa shape index (κ3) is 4.00. The number of amides is 1. The number of nitrogens with zero attached hydrogens (tertiary/aromatic N) is 1. The van der Waals surface area contributed by atoms with E-state index in [4.69, 9.17) is 0 Å². The van der Waals surface area contributed by atoms with Crippen molar-refractivity contribution in [2.45, 2.75) is 44.4 Å². The fourth-order valence-corrected chi connectivity index (χ4v) is 5.67. The molecule has 140 valence electrons. The van der Waals surface area contributed by atoms with Crippen molar-refractivity contribution in [3.8, 4) is 0 Å². The minimum atomic E-state index is -3.44. The maximum absolute atomic E-state index is 12.7. The summed E-state index contributed by atoms with van der Waals surface area (Å²) in [6, 6.07) is 8.33. The molecule has 1 N–H and O–H groups in total. The highest BCUT2D eigenvalue weighted by molar-refractivity contribution is 7.89. The lowest BCUT2D eigenvalue weighted by molar-refractivity contribution is 0.103. The van der Waals surface area contributed by atoms with E-state index in [2.05, 4.69) is 12.2 Å². The van der Waals surface area contributed by atoms with Crippen molar-refractivity contribution in [1.29, 1.82) is 0 Å². The van der Waals surface area contributed by atoms with Crippen LogP contribution in [0.5, 0.6) is 0 Å². The van der Waals surface area contributed by atoms with E-state index >= 15 is 0 Å². The van der Waals surface area contributed by atoms with Crippen LogP contribution in [0, 0.1) is 6.92 Å². The van der Waals surface area contributed by atoms with E-state index in [0.717, 1.165) is 31.2 Å². The van der Waals surface area contributed by atoms with Crippen molar-refractivity contribution in [1.82, 2.24) is 4.31 Å². The van der Waals surface area contributed by atoms with Gasteiger partial charge in [0.05, 0.1) is 9.77 Å². The lowest BCUT2D eigenvalue weighted by Gasteiger charge is -2.25. The van der Waals surface area contributed by atoms with Gasteiger partial charge in [0.25, 0.3) is 5.91 Å². The summed E-state index contributed by atoms with van der Waals surface area (Å²) in [6.45, 7) is 5.24. The molecule has 0 aliphatic carbocycles. The maximum Gasteiger partial charge on any atom is 0.265 e. The summed E-state index contributed by atoms with van der Waals surface area (Å²) in [5.74, 6) is -0.163. The second-order valence-corrected chi connectivity index (χ2v) is 9.59. The van der Waals surface area contributed by atoms with E-state index in [0.29, 0.717) is 23.7 Å². The SMILES string of the molecule is CCc1sc(C(=O)Nc2ccc(S(=O)(=O)N3CCCCC3)cc2)cc1C. The van der Waals surface area contributed by atoms with Gasteiger partial charge in [-0.15, -0.1) is 11.3 Å². The van der Waals surface area contributed by atoms with Gasteiger partial charge >= 0.3 is 0 Å². The fraction of sp³-hybridized carbons (Fsp3) is 0.421. The molecule has 2 aromatic rings. The Bertz CT molecular complexity index is 880. The van der Waals surface area contributed by atoms with Gasteiger partial charge in [-0.1, -0.05) is 13.3 Å². The van der Waals surface area contributed by atoms with Gasteiger partial charge < -0.3 is 5.32 Å². The molecule has 0 spiro atoms. The first kappa shape index (κ1) is 19.1. The molecule has 0 unspecified atom stereocenters. The molecule has 1 aromatic heterocycles. The van der Waals surface area contributed by atoms with Crippen molar-refractivity contribution in [2.24, 2.45) is 0 Å². The topological polar surface area (TPSA) is 66.5 Å². The van der Waals surface area contributed by atoms with Crippen LogP contribution in [0.1, 0.15) is 46.3 Å². The number of rotatable bonds is 5. The van der Waals surface area contributed by atoms with Gasteiger partial charge in [-0.3, -0.25) is 4.79 Å². The lowest BCUT2D eigenvalue weighted by atomic mass is 10.2. The molecular formula is C19H24N2O3S2. The Morgan fingerprint density at radius 3 is 2.38 bits per heavy atom. The van der Waals surface area contributed by atoms with E-state index < -0.39 is 10.0 Å². The molecular weight excluding hydrogens is 368 g/mol. The molecule has 1 fully saturated rings. The normalized spacial score (nSPS) is 15.8. The first-order valence-electron chi connectivity index (χ1n) is 8.92. The number of aryl methyl sites for hydroxylation is 2. The van der Waals surface area contributed by atoms with E-state index in [1.165, 1.54) is 16.2 Å². The summed E-state index contributed by atoms with van der Waals surface area (Å²) < 4.78 is 26.9. The Morgan fingerprint density at radius 1 is 1.15 bits per heavy atom. The Hall–Kier alpha value is -1.70. The molecule has 0 atom stereocenters. The monoisotopic (exact) mass is 392 g/mol. The average molecular weight is 393 g/mol. The zero-order valence-electron chi connectivity index (χ0n) is 15.1. The van der Waals surface area contributed by atoms with Gasteiger partial charge in [-0.05, 0) is 62.1 Å². The number of hydrogen-bond donors (Lipinski definition) is 1. The molecule has 1 aromatic carbocycles. The van der Waals surface area contributed by atoms with Gasteiger partial charge in [0.15, 0.2) is 0 Å². The molecule has 5 nitrogen and oxygen atoms in total. The van der Waals surface area contributed by atoms with Crippen molar-refractivity contribution >= 4 is 33.0 Å². The van der Waals surface area contributed by atoms with Crippen LogP contribution in [0.15, 0.2) is 35.2 Å². The van der Waals surface area contributed by atoms with E-state index in [9.17, 15) is 13.2 Å². The number of anilines is 1. The number of carbonyl (C=O) groups excluding carboxylic acids is 1. The van der Waals surface area contributed by atoms with Crippen molar-refractivity contribution in [2.75, 3.05) is 18.4 Å². The van der Waals surface area contributed by atoms with E-state index in [1.807, 2.05) is 13.0 Å². The molecule has 26 heavy (non-hydrogen) atoms. The van der Waals surface area contributed by atoms with Crippen molar-refractivity contribution in [3.05, 3.63) is 45.6 Å². The molecule has 1 aliphatic rings. The van der Waals surface area contributed by atoms with Crippen LogP contribution >= 0.6 is 11.3 Å². The number of hydrogen-bond acceptors (Lipinski definition) is 4. The van der Waals surface area contributed by atoms with Crippen LogP contribution in [0.2, 0.25) is 0 Å². The Morgan fingerprint density at radius 2 is 1.81 bits per heavy atom. The molecule has 0 radical (unpaired) electrons. The second-order valence-electron chi connectivity index (χ2n) is 6.51. The van der Waals surface area contributed by atoms with Crippen molar-refractivity contribution < 1.29 is 13.2 Å². The smallest absolute Gasteiger partial charge is 0.265 e. The molecule has 1 saturated heterocycles. The number of carbonyl (C=O) groups is 1. The zero-order chi connectivity index (χ0) is 18.7. The van der Waals surface area contributed by atoms with Crippen LogP contribution in [0.4, 0.5) is 5.69 Å². The standard InChI is InChI=1S/C19H24N2O3S2/c1-3-17-14(2)13-18(25-17)19(22)20-15-7-9-16(10-8-15)26(23,24)21-11-5-4-6-12-21/h7-10,13H,3-6,11-12H2,1-2H3,(H,20,22). The highest BCUT2D eigenvalue weighted by atomic mass is 32.2. The van der Waals surface area contributed by atoms with E-state index in [-0.39, 0.29) is 10.8 Å². The van der Waals surface area contributed by atoms with Gasteiger partial charge in [0.1, 0.15) is 0 Å². The van der Waals surface area contributed by atoms with Gasteiger partial charge in [-0.2, -0.15) is 4.31 Å². The molecule has 0 saturated carbocycles. The highest BCUT2D eigenvalue weighted by Crippen LogP contribution is 2.25. The Labute approximate surface area is 159 Å². The summed E-state index contributed by atoms with van der Waals surface area (Å²) in [7, 11) is -3.44. The summed E-state index contributed by atoms with van der Waals surface area (Å²) >= 11 is 1.50. The minimum Gasteiger partial charge on any atom is -0.321 e. The average Bonchev–Trinajstić information content (AvgIpc) is 3.04. The highest BCUT2D eigenvalue weighted by Gasteiger charge is 2.25. The van der Waals surface area contributed by atoms with Gasteiger partial charge in [0, 0.05) is 23.7 Å². The number of sulfonamides is 1. The third-order valence-electron chi connectivity index (χ3n) is 4.63. The van der Waals surface area contributed by atoms with Crippen molar-refractivity contribution in [3.63, 3.8) is 0 Å². The summed E-state index contributed by atoms with van der Waals surface area (Å²) in [5, 5.41) is 2.84. The van der Waals surface area contributed by atoms with Crippen LogP contribution in [-0.2, 0) is 16.4 Å². The molecule has 2 heterocycles. The summed E-state index contributed by atoms with van der Waals surface area (Å²) in [6.07, 6.45) is 3.81. The maximum atomic E-state index is 12.7. The minimum absolute atomic E-state index is 0.163. The number of piperidine rings is 1. The fourth-order valence-electron chi connectivity index (χ4n) is 3.14. The lowest BCUT2D eigenvalue weighted by Crippen LogP contribution is -2.35. The second kappa shape index (κ2) is 7.90. The van der Waals surface area contributed by atoms with Crippen LogP contribution in [-0.4, -0.2) is 31.7 Å². The number of nitrogens with one attached hydrogen (secondary N) is 1. The number of thiophene rings is 1. The molecule has 7 heteroatoms. The van der Waals surface area contributed by atoms with Crippen LogP contribution in [0.25, 0.3) is 0 Å². The molecule has 1 aliphatic heterocycles. The molecule has 3 rings (SSSR count). The zero-order valence-corrected chi connectivity index (χ0v) is 16.8. The first-order chi connectivity index (χ1) is 12.4. The third-order valence-corrected chi connectivity index (χ3v) is 7.92. The predicted molar refractivity (Wildman–Crippen MR) is 105 cm³/mol. The van der Waals surface area contributed by atoms with Gasteiger partial charge in [-0.25, -0.2) is 8.42 Å². The Balaban J connectivity index is 1.71. The predicted octanol–water partition coefficient (Wildman–Crippen LogP) is 4.05. The largest absolute Gasteiger partial charge is 0.321 e. The Kier molecular flexibility index (Phi) is 5.79. The van der Waals surface area contributed by atoms with Crippen LogP contribution < -0.4 is 5.32 Å². The van der Waals surface area contributed by atoms with Crippen LogP contribution in [0.3, 0.4) is 0 Å². The summed E-state index contributed by atoms with van der Waals surface area (Å²) in [4.78, 5) is 14.6. The molecule has 1 amide bonds.